The second-order valence-electron chi connectivity index (χ2n) is 8.55. The van der Waals surface area contributed by atoms with Crippen LogP contribution >= 0.6 is 0 Å². The van der Waals surface area contributed by atoms with E-state index in [9.17, 15) is 14.4 Å². The lowest BCUT2D eigenvalue weighted by molar-refractivity contribution is 0.0942. The molecular weight excluding hydrogens is 502 g/mol. The minimum atomic E-state index is -0.325. The molecule has 0 spiro atoms. The number of nitrogens with zero attached hydrogens (tertiary/aromatic N) is 2. The van der Waals surface area contributed by atoms with Crippen molar-refractivity contribution in [1.82, 2.24) is 20.6 Å². The molecule has 0 fully saturated rings. The van der Waals surface area contributed by atoms with Gasteiger partial charge in [-0.05, 0) is 48.5 Å². The van der Waals surface area contributed by atoms with Crippen molar-refractivity contribution in [3.8, 4) is 0 Å². The summed E-state index contributed by atoms with van der Waals surface area (Å²) in [4.78, 5) is 51.4. The number of hydrogen-bond donors (Lipinski definition) is 9. The van der Waals surface area contributed by atoms with Crippen molar-refractivity contribution >= 4 is 57.1 Å². The number of carbonyl (C=O) groups excluding carboxylic acids is 3. The first kappa shape index (κ1) is 26.5. The van der Waals surface area contributed by atoms with E-state index in [0.717, 1.165) is 10.9 Å². The minimum Gasteiger partial charge on any atom is -0.370 e. The van der Waals surface area contributed by atoms with Crippen molar-refractivity contribution in [2.45, 2.75) is 0 Å². The molecule has 0 unspecified atom stereocenters. The highest BCUT2D eigenvalue weighted by molar-refractivity contribution is 6.08. The van der Waals surface area contributed by atoms with Crippen LogP contribution in [0.3, 0.4) is 0 Å². The lowest BCUT2D eigenvalue weighted by Gasteiger charge is -2.05. The molecule has 14 nitrogen and oxygen atoms in total. The monoisotopic (exact) mass is 531 g/mol. The predicted molar refractivity (Wildman–Crippen MR) is 151 cm³/mol. The second-order valence-corrected chi connectivity index (χ2v) is 8.55. The van der Waals surface area contributed by atoms with Crippen LogP contribution in [0, 0.1) is 0 Å². The van der Waals surface area contributed by atoms with Crippen LogP contribution in [0.25, 0.3) is 21.8 Å². The van der Waals surface area contributed by atoms with Gasteiger partial charge in [-0.1, -0.05) is 0 Å². The van der Waals surface area contributed by atoms with E-state index in [1.165, 1.54) is 0 Å². The number of fused-ring (bicyclic) bond motifs is 2. The van der Waals surface area contributed by atoms with Gasteiger partial charge in [0.2, 0.25) is 0 Å². The van der Waals surface area contributed by atoms with Crippen LogP contribution in [0.4, 0.5) is 5.69 Å². The van der Waals surface area contributed by atoms with Gasteiger partial charge in [-0.2, -0.15) is 0 Å². The number of nitrogens with one attached hydrogen (secondary N) is 5. The van der Waals surface area contributed by atoms with Gasteiger partial charge in [-0.15, -0.1) is 0 Å². The Hall–Kier alpha value is -5.53. The molecule has 4 rings (SSSR count). The largest absolute Gasteiger partial charge is 0.370 e. The topological polar surface area (TPSA) is 248 Å². The first-order chi connectivity index (χ1) is 18.7. The molecule has 202 valence electrons. The Morgan fingerprint density at radius 2 is 1.18 bits per heavy atom. The Labute approximate surface area is 222 Å². The van der Waals surface area contributed by atoms with Gasteiger partial charge in [0.15, 0.2) is 11.9 Å². The smallest absolute Gasteiger partial charge is 0.267 e. The molecule has 0 aliphatic carbocycles. The molecule has 39 heavy (non-hydrogen) atoms. The summed E-state index contributed by atoms with van der Waals surface area (Å²) < 4.78 is 0. The zero-order valence-electron chi connectivity index (χ0n) is 20.9. The number of anilines is 1. The van der Waals surface area contributed by atoms with Crippen LogP contribution in [-0.2, 0) is 0 Å². The summed E-state index contributed by atoms with van der Waals surface area (Å²) in [6, 6.07) is 13.7. The van der Waals surface area contributed by atoms with Gasteiger partial charge in [0, 0.05) is 46.1 Å². The first-order valence-electron chi connectivity index (χ1n) is 11.9. The zero-order valence-corrected chi connectivity index (χ0v) is 20.9. The predicted octanol–water partition coefficient (Wildman–Crippen LogP) is -0.0921. The van der Waals surface area contributed by atoms with E-state index in [2.05, 4.69) is 35.9 Å². The van der Waals surface area contributed by atoms with Gasteiger partial charge in [-0.25, -0.2) is 0 Å². The van der Waals surface area contributed by atoms with Crippen molar-refractivity contribution < 1.29 is 14.4 Å². The van der Waals surface area contributed by atoms with E-state index in [0.29, 0.717) is 33.5 Å². The second kappa shape index (κ2) is 11.7. The lowest BCUT2D eigenvalue weighted by atomic mass is 10.1. The molecule has 2 aromatic heterocycles. The SMILES string of the molecule is NC(N)=NCCNC(=O)c1cc2cc(NC(=O)c3ccc4[nH]c(C(=O)NCCN=C(N)N)cc4c3)ccc2[nH]1. The molecule has 0 saturated carbocycles. The minimum absolute atomic E-state index is 0.0399. The van der Waals surface area contributed by atoms with Crippen molar-refractivity contribution in [2.75, 3.05) is 31.5 Å². The Bertz CT molecular complexity index is 1590. The third kappa shape index (κ3) is 6.82. The van der Waals surface area contributed by atoms with Crippen LogP contribution < -0.4 is 38.9 Å². The Morgan fingerprint density at radius 1 is 0.667 bits per heavy atom. The normalized spacial score (nSPS) is 10.7. The average Bonchev–Trinajstić information content (AvgIpc) is 3.52. The lowest BCUT2D eigenvalue weighted by Crippen LogP contribution is -2.28. The maximum atomic E-state index is 12.9. The number of hydrogen-bond acceptors (Lipinski definition) is 5. The Morgan fingerprint density at radius 3 is 1.72 bits per heavy atom. The maximum Gasteiger partial charge on any atom is 0.267 e. The third-order valence-corrected chi connectivity index (χ3v) is 5.63. The van der Waals surface area contributed by atoms with Crippen molar-refractivity contribution in [2.24, 2.45) is 32.9 Å². The third-order valence-electron chi connectivity index (χ3n) is 5.63. The van der Waals surface area contributed by atoms with Crippen LogP contribution in [0.5, 0.6) is 0 Å². The molecule has 0 bridgehead atoms. The Balaban J connectivity index is 1.40. The van der Waals surface area contributed by atoms with Crippen LogP contribution in [0.1, 0.15) is 31.3 Å². The standard InChI is InChI=1S/C25H29N11O3/c26-24(27)32-7-5-30-22(38)19-11-14-9-13(1-3-17(14)35-19)21(37)34-16-2-4-18-15(10-16)12-20(36-18)23(39)31-6-8-33-25(28)29/h1-4,9-12,35-36H,5-8H2,(H,30,38)(H,31,39)(H,34,37)(H4,26,27,32)(H4,28,29,33). The summed E-state index contributed by atoms with van der Waals surface area (Å²) in [7, 11) is 0. The van der Waals surface area contributed by atoms with Gasteiger partial charge < -0.3 is 48.9 Å². The number of amides is 3. The van der Waals surface area contributed by atoms with Gasteiger partial charge >= 0.3 is 0 Å². The summed E-state index contributed by atoms with van der Waals surface area (Å²) in [5.41, 5.74) is 24.2. The Kier molecular flexibility index (Phi) is 7.95. The summed E-state index contributed by atoms with van der Waals surface area (Å²) in [5.74, 6) is -1.03. The molecule has 0 aliphatic heterocycles. The molecule has 0 saturated heterocycles. The molecule has 0 aliphatic rings. The highest BCUT2D eigenvalue weighted by atomic mass is 16.2. The van der Waals surface area contributed by atoms with Gasteiger partial charge in [0.05, 0.1) is 13.1 Å². The van der Waals surface area contributed by atoms with E-state index in [4.69, 9.17) is 22.9 Å². The number of rotatable bonds is 10. The number of aliphatic imine (C=N–C) groups is 2. The van der Waals surface area contributed by atoms with Gasteiger partial charge in [-0.3, -0.25) is 24.4 Å². The molecule has 14 heteroatoms. The summed E-state index contributed by atoms with van der Waals surface area (Å²) in [6.45, 7) is 1.10. The quantitative estimate of drug-likeness (QED) is 0.0763. The van der Waals surface area contributed by atoms with Crippen molar-refractivity contribution in [1.29, 1.82) is 0 Å². The maximum absolute atomic E-state index is 12.9. The highest BCUT2D eigenvalue weighted by Crippen LogP contribution is 2.22. The molecule has 13 N–H and O–H groups in total. The molecule has 0 radical (unpaired) electrons. The van der Waals surface area contributed by atoms with Crippen LogP contribution in [-0.4, -0.2) is 65.8 Å². The molecule has 3 amide bonds. The fourth-order valence-corrected chi connectivity index (χ4v) is 3.83. The molecule has 2 heterocycles. The summed E-state index contributed by atoms with van der Waals surface area (Å²) in [6.07, 6.45) is 0. The number of aromatic nitrogens is 2. The highest BCUT2D eigenvalue weighted by Gasteiger charge is 2.13. The van der Waals surface area contributed by atoms with Crippen molar-refractivity contribution in [3.63, 3.8) is 0 Å². The van der Waals surface area contributed by atoms with E-state index in [1.54, 1.807) is 48.5 Å². The van der Waals surface area contributed by atoms with E-state index < -0.39 is 0 Å². The summed E-state index contributed by atoms with van der Waals surface area (Å²) in [5, 5.41) is 9.76. The van der Waals surface area contributed by atoms with E-state index in [-0.39, 0.29) is 55.8 Å². The van der Waals surface area contributed by atoms with Crippen LogP contribution in [0.2, 0.25) is 0 Å². The number of H-pyrrole nitrogens is 2. The number of benzene rings is 2. The fraction of sp³-hybridized carbons (Fsp3) is 0.160. The summed E-state index contributed by atoms with van der Waals surface area (Å²) >= 11 is 0. The number of guanidine groups is 2. The molecule has 2 aromatic carbocycles. The average molecular weight is 532 g/mol. The van der Waals surface area contributed by atoms with E-state index in [1.807, 2.05) is 0 Å². The van der Waals surface area contributed by atoms with Gasteiger partial charge in [0.1, 0.15) is 11.4 Å². The zero-order chi connectivity index (χ0) is 27.9. The molecule has 0 atom stereocenters. The molecular formula is C25H29N11O3. The fourth-order valence-electron chi connectivity index (χ4n) is 3.83. The molecule has 4 aromatic rings. The van der Waals surface area contributed by atoms with E-state index >= 15 is 0 Å². The van der Waals surface area contributed by atoms with Crippen molar-refractivity contribution in [3.05, 3.63) is 65.5 Å². The van der Waals surface area contributed by atoms with Crippen LogP contribution in [0.15, 0.2) is 58.5 Å². The van der Waals surface area contributed by atoms with Gasteiger partial charge in [0.25, 0.3) is 17.7 Å². The first-order valence-corrected chi connectivity index (χ1v) is 11.9. The number of carbonyl (C=O) groups is 3. The number of aromatic amines is 2. The number of nitrogens with two attached hydrogens (primary N) is 4.